The van der Waals surface area contributed by atoms with Gasteiger partial charge < -0.3 is 15.4 Å². The number of anilines is 1. The Bertz CT molecular complexity index is 339. The quantitative estimate of drug-likeness (QED) is 0.782. The van der Waals surface area contributed by atoms with Crippen LogP contribution in [0.5, 0.6) is 5.88 Å². The summed E-state index contributed by atoms with van der Waals surface area (Å²) in [5.41, 5.74) is 0. The van der Waals surface area contributed by atoms with Gasteiger partial charge in [-0.15, -0.1) is 0 Å². The molecular formula is C12H20N4O. The highest BCUT2D eigenvalue weighted by atomic mass is 16.5. The summed E-state index contributed by atoms with van der Waals surface area (Å²) in [5.74, 6) is 1.46. The van der Waals surface area contributed by atoms with Crippen molar-refractivity contribution in [1.29, 1.82) is 0 Å². The molecule has 94 valence electrons. The van der Waals surface area contributed by atoms with Crippen LogP contribution in [0.15, 0.2) is 12.4 Å². The summed E-state index contributed by atoms with van der Waals surface area (Å²) in [6.45, 7) is 4.66. The monoisotopic (exact) mass is 236 g/mol. The molecule has 0 unspecified atom stereocenters. The van der Waals surface area contributed by atoms with Crippen LogP contribution in [0.3, 0.4) is 0 Å². The SMILES string of the molecule is CCOc1cc(NCC[C@@H]2CCCN2)ncn1. The third-order valence-corrected chi connectivity index (χ3v) is 2.90. The van der Waals surface area contributed by atoms with Crippen molar-refractivity contribution < 1.29 is 4.74 Å². The normalized spacial score (nSPS) is 19.2. The highest BCUT2D eigenvalue weighted by Crippen LogP contribution is 2.12. The molecule has 0 radical (unpaired) electrons. The predicted molar refractivity (Wildman–Crippen MR) is 67.3 cm³/mol. The zero-order chi connectivity index (χ0) is 11.9. The van der Waals surface area contributed by atoms with Crippen LogP contribution in [0, 0.1) is 0 Å². The topological polar surface area (TPSA) is 59.1 Å². The second-order valence-electron chi connectivity index (χ2n) is 4.18. The molecule has 2 rings (SSSR count). The van der Waals surface area contributed by atoms with E-state index in [2.05, 4.69) is 20.6 Å². The third kappa shape index (κ3) is 3.85. The Hall–Kier alpha value is -1.36. The lowest BCUT2D eigenvalue weighted by Gasteiger charge is -2.11. The molecule has 1 saturated heterocycles. The Morgan fingerprint density at radius 1 is 1.53 bits per heavy atom. The molecule has 0 aliphatic carbocycles. The Labute approximate surface area is 102 Å². The van der Waals surface area contributed by atoms with Crippen LogP contribution in [0.1, 0.15) is 26.2 Å². The average Bonchev–Trinajstić information content (AvgIpc) is 2.83. The molecule has 1 atom stereocenters. The first kappa shape index (κ1) is 12.1. The van der Waals surface area contributed by atoms with Gasteiger partial charge in [-0.2, -0.15) is 0 Å². The van der Waals surface area contributed by atoms with Crippen LogP contribution in [0.4, 0.5) is 5.82 Å². The van der Waals surface area contributed by atoms with E-state index in [4.69, 9.17) is 4.74 Å². The molecule has 5 nitrogen and oxygen atoms in total. The van der Waals surface area contributed by atoms with E-state index < -0.39 is 0 Å². The first-order valence-electron chi connectivity index (χ1n) is 6.30. The Morgan fingerprint density at radius 2 is 2.47 bits per heavy atom. The molecule has 0 saturated carbocycles. The first-order chi connectivity index (χ1) is 8.38. The third-order valence-electron chi connectivity index (χ3n) is 2.90. The van der Waals surface area contributed by atoms with E-state index in [1.807, 2.05) is 13.0 Å². The Balaban J connectivity index is 1.75. The predicted octanol–water partition coefficient (Wildman–Crippen LogP) is 1.43. The minimum Gasteiger partial charge on any atom is -0.478 e. The van der Waals surface area contributed by atoms with Gasteiger partial charge in [-0.05, 0) is 32.7 Å². The van der Waals surface area contributed by atoms with Crippen molar-refractivity contribution in [2.45, 2.75) is 32.2 Å². The molecular weight excluding hydrogens is 216 g/mol. The van der Waals surface area contributed by atoms with Crippen molar-refractivity contribution in [3.8, 4) is 5.88 Å². The molecule has 0 spiro atoms. The van der Waals surface area contributed by atoms with Gasteiger partial charge in [0.25, 0.3) is 0 Å². The zero-order valence-electron chi connectivity index (χ0n) is 10.3. The number of hydrogen-bond donors (Lipinski definition) is 2. The first-order valence-corrected chi connectivity index (χ1v) is 6.30. The van der Waals surface area contributed by atoms with Gasteiger partial charge in [0.15, 0.2) is 0 Å². The van der Waals surface area contributed by atoms with E-state index in [0.29, 0.717) is 18.5 Å². The van der Waals surface area contributed by atoms with Gasteiger partial charge in [0, 0.05) is 18.7 Å². The second kappa shape index (κ2) is 6.39. The molecule has 0 aromatic carbocycles. The largest absolute Gasteiger partial charge is 0.478 e. The molecule has 1 aliphatic rings. The highest BCUT2D eigenvalue weighted by molar-refractivity contribution is 5.36. The van der Waals surface area contributed by atoms with Crippen LogP contribution >= 0.6 is 0 Å². The molecule has 0 amide bonds. The average molecular weight is 236 g/mol. The second-order valence-corrected chi connectivity index (χ2v) is 4.18. The van der Waals surface area contributed by atoms with Crippen LogP contribution in [-0.2, 0) is 0 Å². The number of hydrogen-bond acceptors (Lipinski definition) is 5. The molecule has 2 heterocycles. The smallest absolute Gasteiger partial charge is 0.218 e. The summed E-state index contributed by atoms with van der Waals surface area (Å²) in [7, 11) is 0. The van der Waals surface area contributed by atoms with E-state index in [1.165, 1.54) is 19.2 Å². The minimum absolute atomic E-state index is 0.627. The summed E-state index contributed by atoms with van der Waals surface area (Å²) in [6, 6.07) is 2.50. The lowest BCUT2D eigenvalue weighted by Crippen LogP contribution is -2.24. The van der Waals surface area contributed by atoms with Crippen molar-refractivity contribution in [2.75, 3.05) is 25.0 Å². The van der Waals surface area contributed by atoms with E-state index in [1.54, 1.807) is 0 Å². The van der Waals surface area contributed by atoms with Gasteiger partial charge in [-0.3, -0.25) is 0 Å². The van der Waals surface area contributed by atoms with Gasteiger partial charge in [0.05, 0.1) is 6.61 Å². The molecule has 17 heavy (non-hydrogen) atoms. The summed E-state index contributed by atoms with van der Waals surface area (Å²) in [4.78, 5) is 8.19. The van der Waals surface area contributed by atoms with Crippen LogP contribution in [0.2, 0.25) is 0 Å². The summed E-state index contributed by atoms with van der Waals surface area (Å²) in [6.07, 6.45) is 5.25. The van der Waals surface area contributed by atoms with E-state index >= 15 is 0 Å². The van der Waals surface area contributed by atoms with E-state index in [9.17, 15) is 0 Å². The summed E-state index contributed by atoms with van der Waals surface area (Å²) < 4.78 is 5.32. The maximum Gasteiger partial charge on any atom is 0.218 e. The lowest BCUT2D eigenvalue weighted by atomic mass is 10.1. The minimum atomic E-state index is 0.627. The number of aromatic nitrogens is 2. The van der Waals surface area contributed by atoms with Gasteiger partial charge in [0.2, 0.25) is 5.88 Å². The standard InChI is InChI=1S/C12H20N4O/c1-2-17-12-8-11(15-9-16-12)14-7-5-10-4-3-6-13-10/h8-10,13H,2-7H2,1H3,(H,14,15,16)/t10-/m0/s1. The molecule has 1 aromatic heterocycles. The van der Waals surface area contributed by atoms with Crippen LogP contribution < -0.4 is 15.4 Å². The lowest BCUT2D eigenvalue weighted by molar-refractivity contribution is 0.326. The van der Waals surface area contributed by atoms with Gasteiger partial charge in [-0.1, -0.05) is 0 Å². The van der Waals surface area contributed by atoms with Gasteiger partial charge in [0.1, 0.15) is 12.1 Å². The fraction of sp³-hybridized carbons (Fsp3) is 0.667. The zero-order valence-corrected chi connectivity index (χ0v) is 10.3. The fourth-order valence-corrected chi connectivity index (χ4v) is 2.04. The van der Waals surface area contributed by atoms with Crippen molar-refractivity contribution in [3.05, 3.63) is 12.4 Å². The number of rotatable bonds is 6. The summed E-state index contributed by atoms with van der Waals surface area (Å²) in [5, 5.41) is 6.78. The maximum absolute atomic E-state index is 5.32. The molecule has 1 fully saturated rings. The number of nitrogens with zero attached hydrogens (tertiary/aromatic N) is 2. The molecule has 2 N–H and O–H groups in total. The molecule has 1 aromatic rings. The number of nitrogens with one attached hydrogen (secondary N) is 2. The van der Waals surface area contributed by atoms with Gasteiger partial charge in [-0.25, -0.2) is 9.97 Å². The van der Waals surface area contributed by atoms with E-state index in [-0.39, 0.29) is 0 Å². The van der Waals surface area contributed by atoms with Crippen molar-refractivity contribution >= 4 is 5.82 Å². The van der Waals surface area contributed by atoms with Crippen molar-refractivity contribution in [1.82, 2.24) is 15.3 Å². The van der Waals surface area contributed by atoms with Crippen LogP contribution in [0.25, 0.3) is 0 Å². The fourth-order valence-electron chi connectivity index (χ4n) is 2.04. The highest BCUT2D eigenvalue weighted by Gasteiger charge is 2.12. The van der Waals surface area contributed by atoms with E-state index in [0.717, 1.165) is 25.3 Å². The maximum atomic E-state index is 5.32. The molecule has 0 bridgehead atoms. The molecule has 1 aliphatic heterocycles. The summed E-state index contributed by atoms with van der Waals surface area (Å²) >= 11 is 0. The van der Waals surface area contributed by atoms with Gasteiger partial charge >= 0.3 is 0 Å². The molecule has 5 heteroatoms. The Morgan fingerprint density at radius 3 is 3.24 bits per heavy atom. The van der Waals surface area contributed by atoms with Crippen molar-refractivity contribution in [2.24, 2.45) is 0 Å². The van der Waals surface area contributed by atoms with Crippen molar-refractivity contribution in [3.63, 3.8) is 0 Å². The Kier molecular flexibility index (Phi) is 4.55. The number of ether oxygens (including phenoxy) is 1. The van der Waals surface area contributed by atoms with Crippen LogP contribution in [-0.4, -0.2) is 35.7 Å².